The van der Waals surface area contributed by atoms with Crippen LogP contribution in [0.1, 0.15) is 89.7 Å². The Morgan fingerprint density at radius 3 is 2.46 bits per heavy atom. The van der Waals surface area contributed by atoms with E-state index in [4.69, 9.17) is 19.4 Å². The number of aromatic hydroxyl groups is 1. The monoisotopic (exact) mass is 1100 g/mol. The van der Waals surface area contributed by atoms with E-state index in [1.165, 1.54) is 29.0 Å². The van der Waals surface area contributed by atoms with Crippen LogP contribution in [0, 0.1) is 23.0 Å². The lowest BCUT2D eigenvalue weighted by atomic mass is 9.72. The first-order valence-electron chi connectivity index (χ1n) is 28.6. The number of nitrogens with zero attached hydrogens (tertiary/aromatic N) is 10. The Hall–Kier alpha value is -6.97. The highest BCUT2D eigenvalue weighted by atomic mass is 19.1. The molecule has 80 heavy (non-hydrogen) atoms. The van der Waals surface area contributed by atoms with Crippen molar-refractivity contribution in [3.8, 4) is 23.0 Å². The molecule has 7 aliphatic heterocycles. The number of benzene rings is 3. The molecule has 1 unspecified atom stereocenters. The van der Waals surface area contributed by atoms with Crippen molar-refractivity contribution in [2.45, 2.75) is 108 Å². The summed E-state index contributed by atoms with van der Waals surface area (Å²) in [6, 6.07) is 11.1. The molecule has 422 valence electrons. The first kappa shape index (κ1) is 52.4. The standard InChI is InChI=1S/C59H69F2N11O8/c1-4-40-43(60)9-7-36-23-39(73)25-41(48(36)40)50-49(61)51-42(26-62-50)52(69-19-5-16-57(2,78)29-69)65-54(64-51)80-34-59-17-6-20-71(59)38(13-18-59)28-79-56(77)70-32-58(33-70)30-67(31-58)27-35-14-21-68(22-15-35)37-8-10-44-46(24-37)66(3)55(76)72(44)45-11-12-47(74)63-53(45)75/h7-10,23-26,35,38,45,73,78H,4-6,11-22,27-34H2,1-3H3,(H,63,74,75)/t38-,45?,57+,59-/m0/s1. The molecule has 0 saturated carbocycles. The maximum atomic E-state index is 17.3. The lowest BCUT2D eigenvalue weighted by Crippen LogP contribution is -2.73. The number of β-amino-alcohol motifs (C(OH)–C–C–N with tert-alkyl or cyclic N) is 1. The Kier molecular flexibility index (Phi) is 13.1. The third-order valence-electron chi connectivity index (χ3n) is 18.8. The molecule has 1 spiro atoms. The SMILES string of the molecule is CCc1c(F)ccc2cc(O)cc(-c3ncc4c(N5CCC[C@@](C)(O)C5)nc(OC[C@@]56CCCN5[C@H](COC(=O)N5CC7(CN(CC8CCN(c9ccc%10c(c9)n(C)c(=O)n%10C9CCC(=O)NC9=O)CC8)C7)C5)CC6)nc4c3F)c12. The second-order valence-electron chi connectivity index (χ2n) is 24.4. The molecule has 0 radical (unpaired) electrons. The molecule has 3 aromatic carbocycles. The van der Waals surface area contributed by atoms with Gasteiger partial charge in [-0.25, -0.2) is 18.4 Å². The summed E-state index contributed by atoms with van der Waals surface area (Å²) in [5.74, 6) is -1.09. The Labute approximate surface area is 461 Å². The number of pyridine rings is 1. The molecule has 6 aromatic rings. The first-order chi connectivity index (χ1) is 38.5. The summed E-state index contributed by atoms with van der Waals surface area (Å²) < 4.78 is 48.2. The second-order valence-corrected chi connectivity index (χ2v) is 24.4. The van der Waals surface area contributed by atoms with Crippen LogP contribution in [0.4, 0.5) is 25.1 Å². The van der Waals surface area contributed by atoms with E-state index in [0.29, 0.717) is 84.3 Å². The number of hydrogen-bond acceptors (Lipinski definition) is 15. The number of fused-ring (bicyclic) bond motifs is 4. The number of piperidine rings is 3. The van der Waals surface area contributed by atoms with E-state index in [0.717, 1.165) is 89.0 Å². The molecule has 3 N–H and O–H groups in total. The van der Waals surface area contributed by atoms with Crippen molar-refractivity contribution in [2.24, 2.45) is 18.4 Å². The van der Waals surface area contributed by atoms with Crippen LogP contribution in [-0.4, -0.2) is 163 Å². The molecule has 7 fully saturated rings. The summed E-state index contributed by atoms with van der Waals surface area (Å²) in [5.41, 5.74) is 1.48. The Morgan fingerprint density at radius 2 is 1.69 bits per heavy atom. The van der Waals surface area contributed by atoms with Crippen LogP contribution in [0.3, 0.4) is 0 Å². The number of ether oxygens (including phenoxy) is 2. The Bertz CT molecular complexity index is 3550. The van der Waals surface area contributed by atoms with Gasteiger partial charge in [-0.15, -0.1) is 0 Å². The van der Waals surface area contributed by atoms with Gasteiger partial charge < -0.3 is 39.3 Å². The average Bonchev–Trinajstić information content (AvgIpc) is 4.19. The van der Waals surface area contributed by atoms with Crippen LogP contribution in [0.5, 0.6) is 11.8 Å². The predicted molar refractivity (Wildman–Crippen MR) is 296 cm³/mol. The molecular weight excluding hydrogens is 1030 g/mol. The van der Waals surface area contributed by atoms with E-state index in [9.17, 15) is 29.4 Å². The van der Waals surface area contributed by atoms with Crippen LogP contribution < -0.4 is 25.5 Å². The van der Waals surface area contributed by atoms with Gasteiger partial charge in [-0.1, -0.05) is 13.0 Å². The van der Waals surface area contributed by atoms with E-state index < -0.39 is 29.2 Å². The summed E-state index contributed by atoms with van der Waals surface area (Å²) in [5, 5.41) is 25.7. The number of nitrogens with one attached hydrogen (secondary N) is 1. The van der Waals surface area contributed by atoms with Crippen LogP contribution in [0.2, 0.25) is 0 Å². The fourth-order valence-electron chi connectivity index (χ4n) is 14.8. The zero-order valence-corrected chi connectivity index (χ0v) is 45.7. The molecule has 7 aliphatic rings. The number of likely N-dealkylation sites (tertiary alicyclic amines) is 2. The summed E-state index contributed by atoms with van der Waals surface area (Å²) >= 11 is 0. The van der Waals surface area contributed by atoms with Gasteiger partial charge in [0.1, 0.15) is 47.9 Å². The predicted octanol–water partition coefficient (Wildman–Crippen LogP) is 6.42. The summed E-state index contributed by atoms with van der Waals surface area (Å²) in [6.07, 6.45) is 8.91. The highest BCUT2D eigenvalue weighted by Gasteiger charge is 2.55. The normalized spacial score (nSPS) is 25.4. The number of anilines is 2. The van der Waals surface area contributed by atoms with Gasteiger partial charge in [0.15, 0.2) is 5.82 Å². The molecule has 19 nitrogen and oxygen atoms in total. The second kappa shape index (κ2) is 19.9. The van der Waals surface area contributed by atoms with E-state index in [2.05, 4.69) is 25.0 Å². The Balaban J connectivity index is 0.616. The minimum atomic E-state index is -1.00. The number of imidazole rings is 1. The number of halogens is 2. The van der Waals surface area contributed by atoms with Gasteiger partial charge in [-0.3, -0.25) is 33.9 Å². The third kappa shape index (κ3) is 9.16. The van der Waals surface area contributed by atoms with Crippen molar-refractivity contribution >= 4 is 62.1 Å². The van der Waals surface area contributed by atoms with Crippen LogP contribution in [0.25, 0.3) is 44.0 Å². The zero-order chi connectivity index (χ0) is 55.4. The lowest BCUT2D eigenvalue weighted by molar-refractivity contribution is -0.135. The molecular formula is C59H69F2N11O8. The van der Waals surface area contributed by atoms with E-state index in [-0.39, 0.29) is 89.4 Å². The topological polar surface area (TPSA) is 204 Å². The molecule has 0 bridgehead atoms. The maximum Gasteiger partial charge on any atom is 0.409 e. The van der Waals surface area contributed by atoms with Crippen molar-refractivity contribution in [3.63, 3.8) is 0 Å². The number of amides is 3. The van der Waals surface area contributed by atoms with Crippen LogP contribution in [0.15, 0.2) is 53.5 Å². The molecule has 0 aliphatic carbocycles. The molecule has 7 saturated heterocycles. The largest absolute Gasteiger partial charge is 0.508 e. The maximum absolute atomic E-state index is 17.3. The number of carbonyl (C=O) groups excluding carboxylic acids is 3. The van der Waals surface area contributed by atoms with Crippen molar-refractivity contribution in [2.75, 3.05) is 88.5 Å². The summed E-state index contributed by atoms with van der Waals surface area (Å²) in [7, 11) is 1.72. The minimum Gasteiger partial charge on any atom is -0.508 e. The highest BCUT2D eigenvalue weighted by Crippen LogP contribution is 2.45. The van der Waals surface area contributed by atoms with E-state index >= 15 is 8.78 Å². The number of phenolic OH excluding ortho intramolecular Hbond substituents is 1. The van der Waals surface area contributed by atoms with E-state index in [1.807, 2.05) is 34.9 Å². The molecule has 3 aromatic heterocycles. The summed E-state index contributed by atoms with van der Waals surface area (Å²) in [6.45, 7) is 11.9. The lowest BCUT2D eigenvalue weighted by Gasteiger charge is -2.60. The van der Waals surface area contributed by atoms with Gasteiger partial charge in [-0.05, 0) is 136 Å². The quantitative estimate of drug-likeness (QED) is 0.113. The van der Waals surface area contributed by atoms with Gasteiger partial charge in [0, 0.05) is 101 Å². The number of aliphatic hydroxyl groups is 1. The van der Waals surface area contributed by atoms with Gasteiger partial charge >= 0.3 is 17.8 Å². The smallest absolute Gasteiger partial charge is 0.409 e. The molecule has 13 rings (SSSR count). The number of aryl methyl sites for hydroxylation is 2. The van der Waals surface area contributed by atoms with Gasteiger partial charge in [0.05, 0.1) is 27.6 Å². The Morgan fingerprint density at radius 1 is 0.887 bits per heavy atom. The number of aromatic nitrogens is 5. The number of carbonyl (C=O) groups is 3. The number of phenols is 1. The van der Waals surface area contributed by atoms with Gasteiger partial charge in [0.25, 0.3) is 0 Å². The van der Waals surface area contributed by atoms with Crippen molar-refractivity contribution in [1.82, 2.24) is 44.1 Å². The number of imide groups is 1. The summed E-state index contributed by atoms with van der Waals surface area (Å²) in [4.78, 5) is 76.5. The van der Waals surface area contributed by atoms with Gasteiger partial charge in [-0.2, -0.15) is 9.97 Å². The fourth-order valence-corrected chi connectivity index (χ4v) is 14.8. The molecule has 4 atom stereocenters. The van der Waals surface area contributed by atoms with E-state index in [1.54, 1.807) is 24.6 Å². The zero-order valence-electron chi connectivity index (χ0n) is 45.7. The van der Waals surface area contributed by atoms with Crippen molar-refractivity contribution in [3.05, 3.63) is 76.3 Å². The number of rotatable bonds is 12. The van der Waals surface area contributed by atoms with Crippen molar-refractivity contribution < 1.29 is 42.9 Å². The number of hydrogen-bond donors (Lipinski definition) is 3. The molecule has 3 amide bonds. The molecule has 10 heterocycles. The molecule has 21 heteroatoms. The highest BCUT2D eigenvalue weighted by molar-refractivity contribution is 6.02. The minimum absolute atomic E-state index is 0.0129. The van der Waals surface area contributed by atoms with Crippen LogP contribution in [-0.2, 0) is 27.8 Å². The van der Waals surface area contributed by atoms with Crippen molar-refractivity contribution in [1.29, 1.82) is 0 Å². The van der Waals surface area contributed by atoms with Gasteiger partial charge in [0.2, 0.25) is 11.8 Å². The third-order valence-corrected chi connectivity index (χ3v) is 18.8. The fraction of sp³-hybridized carbons (Fsp3) is 0.542. The average molecular weight is 1100 g/mol. The van der Waals surface area contributed by atoms with Crippen LogP contribution >= 0.6 is 0 Å². The first-order valence-corrected chi connectivity index (χ1v) is 28.6.